The van der Waals surface area contributed by atoms with Crippen LogP contribution in [0.5, 0.6) is 0 Å². The molecule has 86 valence electrons. The van der Waals surface area contributed by atoms with E-state index in [2.05, 4.69) is 5.32 Å². The summed E-state index contributed by atoms with van der Waals surface area (Å²) in [5, 5.41) is 11.4. The number of aliphatic hydroxyl groups excluding tert-OH is 1. The normalized spacial score (nSPS) is 18.0. The second kappa shape index (κ2) is 5.97. The maximum atomic E-state index is 11.4. The Kier molecular flexibility index (Phi) is 4.90. The van der Waals surface area contributed by atoms with Gasteiger partial charge in [-0.15, -0.1) is 11.8 Å². The number of aliphatic hydroxyl groups is 1. The Morgan fingerprint density at radius 1 is 1.73 bits per heavy atom. The van der Waals surface area contributed by atoms with E-state index in [1.807, 2.05) is 6.92 Å². The maximum Gasteiger partial charge on any atom is 0.239 e. The Morgan fingerprint density at radius 2 is 2.47 bits per heavy atom. The molecule has 0 spiro atoms. The van der Waals surface area contributed by atoms with E-state index in [0.29, 0.717) is 18.2 Å². The van der Waals surface area contributed by atoms with Crippen LogP contribution in [0.4, 0.5) is 0 Å². The van der Waals surface area contributed by atoms with Gasteiger partial charge in [0.25, 0.3) is 0 Å². The highest BCUT2D eigenvalue weighted by Crippen LogP contribution is 2.13. The Balaban J connectivity index is 2.21. The Hall–Kier alpha value is -0.750. The average Bonchev–Trinajstić information content (AvgIpc) is 2.61. The fourth-order valence-corrected chi connectivity index (χ4v) is 2.03. The van der Waals surface area contributed by atoms with Crippen molar-refractivity contribution in [2.45, 2.75) is 6.92 Å². The summed E-state index contributed by atoms with van der Waals surface area (Å²) >= 11 is 1.52. The molecular formula is C9H16N2O3S. The van der Waals surface area contributed by atoms with Gasteiger partial charge in [-0.2, -0.15) is 0 Å². The summed E-state index contributed by atoms with van der Waals surface area (Å²) in [6, 6.07) is 0. The zero-order chi connectivity index (χ0) is 11.3. The molecule has 1 heterocycles. The largest absolute Gasteiger partial charge is 0.396 e. The van der Waals surface area contributed by atoms with Gasteiger partial charge in [0.2, 0.25) is 11.8 Å². The number of nitrogens with zero attached hydrogens (tertiary/aromatic N) is 1. The monoisotopic (exact) mass is 232 g/mol. The maximum absolute atomic E-state index is 11.4. The lowest BCUT2D eigenvalue weighted by Crippen LogP contribution is -2.39. The first-order valence-corrected chi connectivity index (χ1v) is 6.02. The summed E-state index contributed by atoms with van der Waals surface area (Å²) < 4.78 is 0. The topological polar surface area (TPSA) is 69.6 Å². The van der Waals surface area contributed by atoms with Gasteiger partial charge in [-0.05, 0) is 5.92 Å². The van der Waals surface area contributed by atoms with E-state index in [4.69, 9.17) is 5.11 Å². The van der Waals surface area contributed by atoms with Crippen LogP contribution in [-0.4, -0.2) is 53.1 Å². The minimum Gasteiger partial charge on any atom is -0.396 e. The zero-order valence-corrected chi connectivity index (χ0v) is 9.55. The third-order valence-corrected chi connectivity index (χ3v) is 3.06. The van der Waals surface area contributed by atoms with Gasteiger partial charge in [0, 0.05) is 13.2 Å². The molecule has 2 N–H and O–H groups in total. The number of carbonyl (C=O) groups excluding carboxylic acids is 2. The molecule has 0 radical (unpaired) electrons. The zero-order valence-electron chi connectivity index (χ0n) is 8.73. The molecule has 5 nitrogen and oxygen atoms in total. The Labute approximate surface area is 93.2 Å². The highest BCUT2D eigenvalue weighted by atomic mass is 32.2. The van der Waals surface area contributed by atoms with Gasteiger partial charge >= 0.3 is 0 Å². The van der Waals surface area contributed by atoms with E-state index in [9.17, 15) is 9.59 Å². The van der Waals surface area contributed by atoms with Crippen molar-refractivity contribution in [3.8, 4) is 0 Å². The van der Waals surface area contributed by atoms with Crippen LogP contribution >= 0.6 is 11.8 Å². The lowest BCUT2D eigenvalue weighted by atomic mass is 10.2. The van der Waals surface area contributed by atoms with Crippen LogP contribution in [0, 0.1) is 5.92 Å². The predicted molar refractivity (Wildman–Crippen MR) is 58.3 cm³/mol. The second-order valence-corrected chi connectivity index (χ2v) is 4.62. The first-order valence-electron chi connectivity index (χ1n) is 4.86. The quantitative estimate of drug-likeness (QED) is 0.655. The molecule has 15 heavy (non-hydrogen) atoms. The molecule has 6 heteroatoms. The summed E-state index contributed by atoms with van der Waals surface area (Å²) in [5.41, 5.74) is 0. The van der Waals surface area contributed by atoms with E-state index >= 15 is 0 Å². The lowest BCUT2D eigenvalue weighted by Gasteiger charge is -2.15. The van der Waals surface area contributed by atoms with E-state index in [1.165, 1.54) is 16.7 Å². The van der Waals surface area contributed by atoms with Crippen molar-refractivity contribution in [1.82, 2.24) is 10.2 Å². The molecule has 0 aromatic carbocycles. The van der Waals surface area contributed by atoms with Crippen LogP contribution < -0.4 is 5.32 Å². The number of rotatable bonds is 5. The molecule has 1 unspecified atom stereocenters. The van der Waals surface area contributed by atoms with Crippen LogP contribution in [-0.2, 0) is 9.59 Å². The number of amides is 2. The molecule has 0 bridgehead atoms. The summed E-state index contributed by atoms with van der Waals surface area (Å²) in [6.45, 7) is 2.48. The molecular weight excluding hydrogens is 216 g/mol. The minimum atomic E-state index is -0.161. The first kappa shape index (κ1) is 12.3. The summed E-state index contributed by atoms with van der Waals surface area (Å²) in [6.07, 6.45) is 0. The molecule has 0 saturated carbocycles. The highest BCUT2D eigenvalue weighted by molar-refractivity contribution is 8.00. The summed E-state index contributed by atoms with van der Waals surface area (Å²) in [4.78, 5) is 24.1. The Bertz CT molecular complexity index is 248. The van der Waals surface area contributed by atoms with Crippen LogP contribution in [0.1, 0.15) is 6.92 Å². The van der Waals surface area contributed by atoms with Crippen LogP contribution in [0.2, 0.25) is 0 Å². The standard InChI is InChI=1S/C9H16N2O3S/c1-7(4-12)2-10-8(13)3-11-6-15-5-9(11)14/h7,12H,2-6H2,1H3,(H,10,13). The highest BCUT2D eigenvalue weighted by Gasteiger charge is 2.22. The minimum absolute atomic E-state index is 0.0188. The smallest absolute Gasteiger partial charge is 0.239 e. The lowest BCUT2D eigenvalue weighted by molar-refractivity contribution is -0.132. The molecule has 2 amide bonds. The SMILES string of the molecule is CC(CO)CNC(=O)CN1CSCC1=O. The fourth-order valence-electron chi connectivity index (χ4n) is 1.12. The Morgan fingerprint density at radius 3 is 3.00 bits per heavy atom. The molecule has 1 aliphatic heterocycles. The van der Waals surface area contributed by atoms with Crippen molar-refractivity contribution < 1.29 is 14.7 Å². The van der Waals surface area contributed by atoms with E-state index in [0.717, 1.165) is 0 Å². The third kappa shape index (κ3) is 4.09. The number of hydrogen-bond acceptors (Lipinski definition) is 4. The van der Waals surface area contributed by atoms with Gasteiger partial charge < -0.3 is 15.3 Å². The fraction of sp³-hybridized carbons (Fsp3) is 0.778. The number of nitrogens with one attached hydrogen (secondary N) is 1. The molecule has 1 aliphatic rings. The van der Waals surface area contributed by atoms with Gasteiger partial charge in [0.05, 0.1) is 11.6 Å². The van der Waals surface area contributed by atoms with Gasteiger partial charge in [-0.1, -0.05) is 6.92 Å². The molecule has 1 atom stereocenters. The average molecular weight is 232 g/mol. The van der Waals surface area contributed by atoms with Crippen LogP contribution in [0.15, 0.2) is 0 Å². The van der Waals surface area contributed by atoms with Crippen LogP contribution in [0.25, 0.3) is 0 Å². The summed E-state index contributed by atoms with van der Waals surface area (Å²) in [7, 11) is 0. The summed E-state index contributed by atoms with van der Waals surface area (Å²) in [5.74, 6) is 0.983. The molecule has 1 rings (SSSR count). The molecule has 1 fully saturated rings. The van der Waals surface area contributed by atoms with Crippen LogP contribution in [0.3, 0.4) is 0 Å². The van der Waals surface area contributed by atoms with Crippen molar-refractivity contribution in [2.75, 3.05) is 31.3 Å². The van der Waals surface area contributed by atoms with Gasteiger partial charge in [0.1, 0.15) is 6.54 Å². The molecule has 1 saturated heterocycles. The van der Waals surface area contributed by atoms with Crippen molar-refractivity contribution >= 4 is 23.6 Å². The molecule has 0 aromatic heterocycles. The third-order valence-electron chi connectivity index (χ3n) is 2.12. The van der Waals surface area contributed by atoms with E-state index in [-0.39, 0.29) is 30.9 Å². The van der Waals surface area contributed by atoms with Crippen molar-refractivity contribution in [1.29, 1.82) is 0 Å². The van der Waals surface area contributed by atoms with Crippen molar-refractivity contribution in [3.63, 3.8) is 0 Å². The van der Waals surface area contributed by atoms with Crippen molar-refractivity contribution in [3.05, 3.63) is 0 Å². The van der Waals surface area contributed by atoms with Gasteiger partial charge in [0.15, 0.2) is 0 Å². The molecule has 0 aliphatic carbocycles. The van der Waals surface area contributed by atoms with Gasteiger partial charge in [-0.25, -0.2) is 0 Å². The molecule has 0 aromatic rings. The van der Waals surface area contributed by atoms with E-state index < -0.39 is 0 Å². The number of thioether (sulfide) groups is 1. The number of hydrogen-bond donors (Lipinski definition) is 2. The number of carbonyl (C=O) groups is 2. The first-order chi connectivity index (χ1) is 7.13. The predicted octanol–water partition coefficient (Wildman–Crippen LogP) is -0.736. The second-order valence-electron chi connectivity index (χ2n) is 3.66. The van der Waals surface area contributed by atoms with Gasteiger partial charge in [-0.3, -0.25) is 9.59 Å². The van der Waals surface area contributed by atoms with E-state index in [1.54, 1.807) is 0 Å². The van der Waals surface area contributed by atoms with Crippen molar-refractivity contribution in [2.24, 2.45) is 5.92 Å².